The summed E-state index contributed by atoms with van der Waals surface area (Å²) in [5.74, 6) is -0.367. The first-order valence-electron chi connectivity index (χ1n) is 6.16. The minimum Gasteiger partial charge on any atom is -0.383 e. The molecule has 2 aromatic rings. The largest absolute Gasteiger partial charge is 0.383 e. The number of thiazole rings is 1. The molecule has 0 fully saturated rings. The van der Waals surface area contributed by atoms with Gasteiger partial charge in [-0.1, -0.05) is 0 Å². The molecule has 1 amide bonds. The molecule has 0 saturated carbocycles. The number of nitro groups is 1. The summed E-state index contributed by atoms with van der Waals surface area (Å²) in [7, 11) is 1.59. The van der Waals surface area contributed by atoms with Crippen LogP contribution in [-0.2, 0) is 6.54 Å². The van der Waals surface area contributed by atoms with E-state index in [1.165, 1.54) is 23.5 Å². The molecule has 0 aliphatic carbocycles. The van der Waals surface area contributed by atoms with Crippen molar-refractivity contribution >= 4 is 28.6 Å². The van der Waals surface area contributed by atoms with E-state index in [0.29, 0.717) is 12.2 Å². The molecule has 1 heterocycles. The Morgan fingerprint density at radius 2 is 2.24 bits per heavy atom. The second-order valence-corrected chi connectivity index (χ2v) is 5.25. The standard InChI is InChI=1S/C13H14N4O3S/c1-8-7-21-12(16-8)6-15-13(18)9-3-4-10(14-2)11(5-9)17(19)20/h3-5,7,14H,6H2,1-2H3,(H,15,18). The van der Waals surface area contributed by atoms with Crippen LogP contribution in [-0.4, -0.2) is 22.9 Å². The number of benzene rings is 1. The maximum atomic E-state index is 12.0. The molecule has 0 spiro atoms. The first kappa shape index (κ1) is 14.9. The van der Waals surface area contributed by atoms with Gasteiger partial charge in [-0.15, -0.1) is 11.3 Å². The highest BCUT2D eigenvalue weighted by Crippen LogP contribution is 2.25. The fourth-order valence-corrected chi connectivity index (χ4v) is 2.49. The van der Waals surface area contributed by atoms with Gasteiger partial charge in [0.05, 0.1) is 11.5 Å². The maximum absolute atomic E-state index is 12.0. The van der Waals surface area contributed by atoms with Gasteiger partial charge in [-0.3, -0.25) is 14.9 Å². The van der Waals surface area contributed by atoms with Crippen LogP contribution in [0.3, 0.4) is 0 Å². The van der Waals surface area contributed by atoms with Crippen molar-refractivity contribution in [1.82, 2.24) is 10.3 Å². The molecule has 2 rings (SSSR count). The fourth-order valence-electron chi connectivity index (χ4n) is 1.78. The Hall–Kier alpha value is -2.48. The highest BCUT2D eigenvalue weighted by Gasteiger charge is 2.16. The van der Waals surface area contributed by atoms with E-state index in [1.54, 1.807) is 13.1 Å². The van der Waals surface area contributed by atoms with Gasteiger partial charge in [0.15, 0.2) is 0 Å². The number of carbonyl (C=O) groups is 1. The molecule has 0 bridgehead atoms. The second kappa shape index (κ2) is 6.31. The minimum absolute atomic E-state index is 0.129. The molecule has 7 nitrogen and oxygen atoms in total. The van der Waals surface area contributed by atoms with Crippen molar-refractivity contribution < 1.29 is 9.72 Å². The highest BCUT2D eigenvalue weighted by molar-refractivity contribution is 7.09. The van der Waals surface area contributed by atoms with Crippen LogP contribution in [0.2, 0.25) is 0 Å². The Bertz CT molecular complexity index is 684. The molecule has 0 radical (unpaired) electrons. The van der Waals surface area contributed by atoms with E-state index in [9.17, 15) is 14.9 Å². The number of hydrogen-bond donors (Lipinski definition) is 2. The van der Waals surface area contributed by atoms with Crippen LogP contribution < -0.4 is 10.6 Å². The normalized spacial score (nSPS) is 10.2. The molecule has 1 aromatic heterocycles. The smallest absolute Gasteiger partial charge is 0.293 e. The summed E-state index contributed by atoms with van der Waals surface area (Å²) in [6.07, 6.45) is 0. The monoisotopic (exact) mass is 306 g/mol. The molecule has 1 aromatic carbocycles. The number of nitrogens with one attached hydrogen (secondary N) is 2. The summed E-state index contributed by atoms with van der Waals surface area (Å²) >= 11 is 1.46. The summed E-state index contributed by atoms with van der Waals surface area (Å²) in [4.78, 5) is 26.7. The van der Waals surface area contributed by atoms with E-state index < -0.39 is 4.92 Å². The molecule has 0 atom stereocenters. The second-order valence-electron chi connectivity index (χ2n) is 4.30. The molecule has 110 valence electrons. The van der Waals surface area contributed by atoms with Gasteiger partial charge < -0.3 is 10.6 Å². The molecule has 0 unspecified atom stereocenters. The lowest BCUT2D eigenvalue weighted by Crippen LogP contribution is -2.22. The SMILES string of the molecule is CNc1ccc(C(=O)NCc2nc(C)cs2)cc1[N+](=O)[O-]. The minimum atomic E-state index is -0.521. The van der Waals surface area contributed by atoms with E-state index in [-0.39, 0.29) is 17.2 Å². The van der Waals surface area contributed by atoms with Crippen LogP contribution in [0, 0.1) is 17.0 Å². The third kappa shape index (κ3) is 3.54. The third-order valence-corrected chi connectivity index (χ3v) is 3.76. The van der Waals surface area contributed by atoms with Crippen molar-refractivity contribution in [3.63, 3.8) is 0 Å². The molecule has 0 aliphatic heterocycles. The lowest BCUT2D eigenvalue weighted by atomic mass is 10.1. The molecular weight excluding hydrogens is 292 g/mol. The maximum Gasteiger partial charge on any atom is 0.293 e. The van der Waals surface area contributed by atoms with Gasteiger partial charge in [0.25, 0.3) is 11.6 Å². The lowest BCUT2D eigenvalue weighted by Gasteiger charge is -2.06. The fraction of sp³-hybridized carbons (Fsp3) is 0.231. The Labute approximate surface area is 125 Å². The average molecular weight is 306 g/mol. The first-order valence-corrected chi connectivity index (χ1v) is 7.04. The van der Waals surface area contributed by atoms with Gasteiger partial charge in [0.1, 0.15) is 10.7 Å². The van der Waals surface area contributed by atoms with Crippen LogP contribution in [0.4, 0.5) is 11.4 Å². The molecule has 0 aliphatic rings. The quantitative estimate of drug-likeness (QED) is 0.652. The van der Waals surface area contributed by atoms with E-state index in [0.717, 1.165) is 10.7 Å². The van der Waals surface area contributed by atoms with Crippen LogP contribution in [0.15, 0.2) is 23.6 Å². The number of hydrogen-bond acceptors (Lipinski definition) is 6. The van der Waals surface area contributed by atoms with Crippen LogP contribution in [0.5, 0.6) is 0 Å². The Morgan fingerprint density at radius 3 is 2.81 bits per heavy atom. The first-order chi connectivity index (χ1) is 10.0. The van der Waals surface area contributed by atoms with E-state index in [4.69, 9.17) is 0 Å². The molecule has 8 heteroatoms. The van der Waals surface area contributed by atoms with Gasteiger partial charge in [0, 0.05) is 29.8 Å². The number of nitrogens with zero attached hydrogens (tertiary/aromatic N) is 2. The summed E-state index contributed by atoms with van der Waals surface area (Å²) in [5, 5.41) is 19.1. The molecule has 21 heavy (non-hydrogen) atoms. The van der Waals surface area contributed by atoms with E-state index in [2.05, 4.69) is 15.6 Å². The summed E-state index contributed by atoms with van der Waals surface area (Å²) in [5.41, 5.74) is 1.38. The van der Waals surface area contributed by atoms with E-state index in [1.807, 2.05) is 12.3 Å². The molecule has 0 saturated heterocycles. The van der Waals surface area contributed by atoms with E-state index >= 15 is 0 Å². The van der Waals surface area contributed by atoms with Gasteiger partial charge >= 0.3 is 0 Å². The van der Waals surface area contributed by atoms with Crippen molar-refractivity contribution in [3.05, 3.63) is 50.0 Å². The predicted molar refractivity (Wildman–Crippen MR) is 80.7 cm³/mol. The number of aromatic nitrogens is 1. The number of rotatable bonds is 5. The Kier molecular flexibility index (Phi) is 4.49. The van der Waals surface area contributed by atoms with Gasteiger partial charge in [0.2, 0.25) is 0 Å². The lowest BCUT2D eigenvalue weighted by molar-refractivity contribution is -0.384. The molecule has 2 N–H and O–H groups in total. The van der Waals surface area contributed by atoms with Crippen molar-refractivity contribution in [1.29, 1.82) is 0 Å². The molecular formula is C13H14N4O3S. The number of aryl methyl sites for hydroxylation is 1. The zero-order valence-electron chi connectivity index (χ0n) is 11.5. The highest BCUT2D eigenvalue weighted by atomic mass is 32.1. The third-order valence-electron chi connectivity index (χ3n) is 2.79. The predicted octanol–water partition coefficient (Wildman–Crippen LogP) is 2.33. The number of carbonyl (C=O) groups excluding carboxylic acids is 1. The topological polar surface area (TPSA) is 97.2 Å². The summed E-state index contributed by atoms with van der Waals surface area (Å²) in [6, 6.07) is 4.32. The number of amides is 1. The summed E-state index contributed by atoms with van der Waals surface area (Å²) in [6.45, 7) is 2.18. The van der Waals surface area contributed by atoms with Crippen molar-refractivity contribution in [3.8, 4) is 0 Å². The Balaban J connectivity index is 2.12. The van der Waals surface area contributed by atoms with Crippen molar-refractivity contribution in [2.75, 3.05) is 12.4 Å². The van der Waals surface area contributed by atoms with Crippen LogP contribution >= 0.6 is 11.3 Å². The Morgan fingerprint density at radius 1 is 1.48 bits per heavy atom. The van der Waals surface area contributed by atoms with Gasteiger partial charge in [-0.25, -0.2) is 4.98 Å². The van der Waals surface area contributed by atoms with Crippen LogP contribution in [0.1, 0.15) is 21.1 Å². The zero-order valence-corrected chi connectivity index (χ0v) is 12.4. The number of nitro benzene ring substituents is 1. The van der Waals surface area contributed by atoms with Gasteiger partial charge in [-0.05, 0) is 19.1 Å². The average Bonchev–Trinajstić information content (AvgIpc) is 2.89. The zero-order chi connectivity index (χ0) is 15.4. The van der Waals surface area contributed by atoms with Crippen molar-refractivity contribution in [2.45, 2.75) is 13.5 Å². The number of anilines is 1. The van der Waals surface area contributed by atoms with Crippen molar-refractivity contribution in [2.24, 2.45) is 0 Å². The van der Waals surface area contributed by atoms with Gasteiger partial charge in [-0.2, -0.15) is 0 Å². The van der Waals surface area contributed by atoms with Crippen LogP contribution in [0.25, 0.3) is 0 Å². The summed E-state index contributed by atoms with van der Waals surface area (Å²) < 4.78 is 0.